The molecule has 0 saturated heterocycles. The van der Waals surface area contributed by atoms with Gasteiger partial charge in [0.05, 0.1) is 5.56 Å². The van der Waals surface area contributed by atoms with Gasteiger partial charge in [0, 0.05) is 11.7 Å². The average Bonchev–Trinajstić information content (AvgIpc) is 3.09. The van der Waals surface area contributed by atoms with Gasteiger partial charge in [-0.3, -0.25) is 4.79 Å². The lowest BCUT2D eigenvalue weighted by atomic mass is 9.95. The summed E-state index contributed by atoms with van der Waals surface area (Å²) in [6, 6.07) is 12.2. The fourth-order valence-electron chi connectivity index (χ4n) is 4.12. The zero-order chi connectivity index (χ0) is 14.4. The Labute approximate surface area is 124 Å². The van der Waals surface area contributed by atoms with Crippen molar-refractivity contribution in [3.8, 4) is 0 Å². The van der Waals surface area contributed by atoms with E-state index in [4.69, 9.17) is 5.73 Å². The second-order valence-electron chi connectivity index (χ2n) is 6.54. The van der Waals surface area contributed by atoms with Gasteiger partial charge in [0.15, 0.2) is 0 Å². The number of benzene rings is 2. The monoisotopic (exact) mass is 280 g/mol. The molecule has 0 radical (unpaired) electrons. The van der Waals surface area contributed by atoms with Crippen LogP contribution in [0.5, 0.6) is 0 Å². The maximum atomic E-state index is 12.6. The third-order valence-electron chi connectivity index (χ3n) is 5.22. The predicted molar refractivity (Wildman–Crippen MR) is 85.1 cm³/mol. The van der Waals surface area contributed by atoms with Crippen molar-refractivity contribution < 1.29 is 4.79 Å². The molecule has 0 heterocycles. The Kier molecular flexibility index (Phi) is 2.88. The van der Waals surface area contributed by atoms with E-state index in [2.05, 4.69) is 5.32 Å². The van der Waals surface area contributed by atoms with E-state index in [1.807, 2.05) is 36.4 Å². The highest BCUT2D eigenvalue weighted by Gasteiger charge is 2.40. The molecule has 1 amide bonds. The van der Waals surface area contributed by atoms with E-state index in [1.54, 1.807) is 0 Å². The Morgan fingerprint density at radius 1 is 1.10 bits per heavy atom. The molecular weight excluding hydrogens is 260 g/mol. The molecule has 21 heavy (non-hydrogen) atoms. The van der Waals surface area contributed by atoms with Crippen molar-refractivity contribution in [1.29, 1.82) is 0 Å². The van der Waals surface area contributed by atoms with Crippen molar-refractivity contribution in [2.24, 2.45) is 11.8 Å². The van der Waals surface area contributed by atoms with E-state index in [-0.39, 0.29) is 5.91 Å². The summed E-state index contributed by atoms with van der Waals surface area (Å²) >= 11 is 0. The zero-order valence-electron chi connectivity index (χ0n) is 12.0. The molecule has 2 fully saturated rings. The molecule has 2 aliphatic rings. The van der Waals surface area contributed by atoms with Crippen LogP contribution in [-0.2, 0) is 0 Å². The smallest absolute Gasteiger partial charge is 0.253 e. The van der Waals surface area contributed by atoms with Gasteiger partial charge in [0.1, 0.15) is 0 Å². The summed E-state index contributed by atoms with van der Waals surface area (Å²) in [5.74, 6) is 1.49. The molecule has 2 bridgehead atoms. The molecule has 4 rings (SSSR count). The van der Waals surface area contributed by atoms with Crippen molar-refractivity contribution in [3.05, 3.63) is 42.0 Å². The van der Waals surface area contributed by atoms with Crippen LogP contribution in [0.3, 0.4) is 0 Å². The number of fused-ring (bicyclic) bond motifs is 3. The highest BCUT2D eigenvalue weighted by molar-refractivity contribution is 6.04. The topological polar surface area (TPSA) is 55.1 Å². The van der Waals surface area contributed by atoms with E-state index in [1.165, 1.54) is 19.3 Å². The van der Waals surface area contributed by atoms with Crippen LogP contribution in [0.2, 0.25) is 0 Å². The van der Waals surface area contributed by atoms with Gasteiger partial charge in [-0.15, -0.1) is 0 Å². The molecule has 2 aliphatic carbocycles. The summed E-state index contributed by atoms with van der Waals surface area (Å²) in [5, 5.41) is 5.35. The van der Waals surface area contributed by atoms with Crippen LogP contribution >= 0.6 is 0 Å². The first-order valence-corrected chi connectivity index (χ1v) is 7.80. The van der Waals surface area contributed by atoms with Gasteiger partial charge >= 0.3 is 0 Å². The number of carbonyl (C=O) groups excluding carboxylic acids is 1. The van der Waals surface area contributed by atoms with Crippen LogP contribution in [0.4, 0.5) is 5.69 Å². The molecule has 3 unspecified atom stereocenters. The fourth-order valence-corrected chi connectivity index (χ4v) is 4.12. The molecule has 2 aromatic rings. The number of amides is 1. The zero-order valence-corrected chi connectivity index (χ0v) is 12.0. The number of carbonyl (C=O) groups is 1. The van der Waals surface area contributed by atoms with E-state index in [0.717, 1.165) is 23.1 Å². The highest BCUT2D eigenvalue weighted by Crippen LogP contribution is 2.44. The number of hydrogen-bond acceptors (Lipinski definition) is 2. The van der Waals surface area contributed by atoms with Crippen molar-refractivity contribution in [2.75, 3.05) is 5.73 Å². The van der Waals surface area contributed by atoms with E-state index < -0.39 is 0 Å². The van der Waals surface area contributed by atoms with Crippen molar-refractivity contribution in [3.63, 3.8) is 0 Å². The molecular formula is C18H20N2O. The molecule has 108 valence electrons. The summed E-state index contributed by atoms with van der Waals surface area (Å²) in [5.41, 5.74) is 7.25. The quantitative estimate of drug-likeness (QED) is 0.829. The molecule has 2 saturated carbocycles. The van der Waals surface area contributed by atoms with Crippen molar-refractivity contribution in [1.82, 2.24) is 5.32 Å². The first-order valence-electron chi connectivity index (χ1n) is 7.80. The largest absolute Gasteiger partial charge is 0.398 e. The van der Waals surface area contributed by atoms with Gasteiger partial charge in [0.2, 0.25) is 0 Å². The van der Waals surface area contributed by atoms with Gasteiger partial charge < -0.3 is 11.1 Å². The van der Waals surface area contributed by atoms with Gasteiger partial charge in [0.25, 0.3) is 5.91 Å². The van der Waals surface area contributed by atoms with Crippen LogP contribution in [0.25, 0.3) is 10.8 Å². The minimum Gasteiger partial charge on any atom is -0.398 e. The third-order valence-corrected chi connectivity index (χ3v) is 5.22. The minimum absolute atomic E-state index is 0.0178. The standard InChI is InChI=1S/C18H20N2O/c19-16-10-13-4-2-1-3-12(13)9-15(16)18(21)20-17-8-11-5-6-14(17)7-11/h1-4,9-11,14,17H,5-8,19H2,(H,20,21). The number of hydrogen-bond donors (Lipinski definition) is 2. The normalized spacial score (nSPS) is 27.1. The summed E-state index contributed by atoms with van der Waals surface area (Å²) in [4.78, 5) is 12.6. The summed E-state index contributed by atoms with van der Waals surface area (Å²) in [6.45, 7) is 0. The minimum atomic E-state index is -0.0178. The average molecular weight is 280 g/mol. The summed E-state index contributed by atoms with van der Waals surface area (Å²) in [6.07, 6.45) is 5.04. The van der Waals surface area contributed by atoms with Crippen LogP contribution in [0.1, 0.15) is 36.0 Å². The highest BCUT2D eigenvalue weighted by atomic mass is 16.1. The van der Waals surface area contributed by atoms with Gasteiger partial charge in [-0.05, 0) is 54.0 Å². The Bertz CT molecular complexity index is 709. The molecule has 0 aromatic heterocycles. The Morgan fingerprint density at radius 3 is 2.52 bits per heavy atom. The van der Waals surface area contributed by atoms with Crippen LogP contribution in [0, 0.1) is 11.8 Å². The summed E-state index contributed by atoms with van der Waals surface area (Å²) in [7, 11) is 0. The molecule has 3 heteroatoms. The van der Waals surface area contributed by atoms with Gasteiger partial charge in [-0.1, -0.05) is 30.7 Å². The number of rotatable bonds is 2. The molecule has 3 nitrogen and oxygen atoms in total. The molecule has 0 aliphatic heterocycles. The van der Waals surface area contributed by atoms with E-state index >= 15 is 0 Å². The van der Waals surface area contributed by atoms with Crippen LogP contribution < -0.4 is 11.1 Å². The number of nitrogen functional groups attached to an aromatic ring is 1. The SMILES string of the molecule is Nc1cc2ccccc2cc1C(=O)NC1CC2CCC1C2. The van der Waals surface area contributed by atoms with E-state index in [9.17, 15) is 4.79 Å². The van der Waals surface area contributed by atoms with Crippen LogP contribution in [-0.4, -0.2) is 11.9 Å². The first-order chi connectivity index (χ1) is 10.2. The Hall–Kier alpha value is -2.03. The fraction of sp³-hybridized carbons (Fsp3) is 0.389. The lowest BCUT2D eigenvalue weighted by Crippen LogP contribution is -2.38. The molecule has 0 spiro atoms. The second kappa shape index (κ2) is 4.76. The third kappa shape index (κ3) is 2.17. The molecule has 3 N–H and O–H groups in total. The van der Waals surface area contributed by atoms with Crippen molar-refractivity contribution in [2.45, 2.75) is 31.7 Å². The Balaban J connectivity index is 1.60. The number of nitrogens with one attached hydrogen (secondary N) is 1. The number of anilines is 1. The van der Waals surface area contributed by atoms with Crippen molar-refractivity contribution >= 4 is 22.4 Å². The predicted octanol–water partition coefficient (Wildman–Crippen LogP) is 3.34. The lowest BCUT2D eigenvalue weighted by Gasteiger charge is -2.23. The maximum absolute atomic E-state index is 12.6. The number of nitrogens with two attached hydrogens (primary N) is 1. The summed E-state index contributed by atoms with van der Waals surface area (Å²) < 4.78 is 0. The first kappa shape index (κ1) is 12.7. The van der Waals surface area contributed by atoms with E-state index in [0.29, 0.717) is 23.2 Å². The molecule has 3 atom stereocenters. The lowest BCUT2D eigenvalue weighted by molar-refractivity contribution is 0.0924. The maximum Gasteiger partial charge on any atom is 0.253 e. The Morgan fingerprint density at radius 2 is 1.86 bits per heavy atom. The van der Waals surface area contributed by atoms with Gasteiger partial charge in [-0.2, -0.15) is 0 Å². The second-order valence-corrected chi connectivity index (χ2v) is 6.54. The van der Waals surface area contributed by atoms with Gasteiger partial charge in [-0.25, -0.2) is 0 Å². The van der Waals surface area contributed by atoms with Crippen LogP contribution in [0.15, 0.2) is 36.4 Å². The molecule has 2 aromatic carbocycles.